The van der Waals surface area contributed by atoms with Crippen molar-refractivity contribution in [2.24, 2.45) is 7.05 Å². The number of amides is 2. The fourth-order valence-corrected chi connectivity index (χ4v) is 3.47. The highest BCUT2D eigenvalue weighted by atomic mass is 19.1. The molecule has 27 heavy (non-hydrogen) atoms. The van der Waals surface area contributed by atoms with Gasteiger partial charge in [0.05, 0.1) is 6.42 Å². The van der Waals surface area contributed by atoms with Gasteiger partial charge in [-0.3, -0.25) is 9.59 Å². The van der Waals surface area contributed by atoms with Crippen molar-refractivity contribution in [2.75, 3.05) is 26.2 Å². The first kappa shape index (κ1) is 19.1. The smallest absolute Gasteiger partial charge is 0.227 e. The molecule has 1 fully saturated rings. The van der Waals surface area contributed by atoms with Gasteiger partial charge in [0.2, 0.25) is 11.8 Å². The maximum absolute atomic E-state index is 13.2. The van der Waals surface area contributed by atoms with Crippen molar-refractivity contribution in [2.45, 2.75) is 25.7 Å². The van der Waals surface area contributed by atoms with Crippen LogP contribution in [0.15, 0.2) is 42.7 Å². The number of carbonyl (C=O) groups excluding carboxylic acids is 2. The molecule has 3 rings (SSSR count). The number of rotatable bonds is 5. The Bertz CT molecular complexity index is 802. The van der Waals surface area contributed by atoms with Gasteiger partial charge >= 0.3 is 0 Å². The maximum Gasteiger partial charge on any atom is 0.227 e. The van der Waals surface area contributed by atoms with Crippen molar-refractivity contribution >= 4 is 11.8 Å². The molecule has 0 radical (unpaired) electrons. The molecule has 1 aromatic heterocycles. The molecule has 0 spiro atoms. The summed E-state index contributed by atoms with van der Waals surface area (Å²) in [6.45, 7) is 2.47. The maximum atomic E-state index is 13.2. The zero-order valence-electron chi connectivity index (χ0n) is 15.7. The first-order chi connectivity index (χ1) is 13.0. The number of carbonyl (C=O) groups is 2. The van der Waals surface area contributed by atoms with Crippen LogP contribution >= 0.6 is 0 Å². The summed E-state index contributed by atoms with van der Waals surface area (Å²) in [6, 6.07) is 8.33. The van der Waals surface area contributed by atoms with Crippen LogP contribution in [0.25, 0.3) is 0 Å². The van der Waals surface area contributed by atoms with Crippen molar-refractivity contribution in [3.05, 3.63) is 59.7 Å². The van der Waals surface area contributed by atoms with Crippen LogP contribution in [0.2, 0.25) is 0 Å². The third-order valence-electron chi connectivity index (χ3n) is 4.97. The van der Waals surface area contributed by atoms with Crippen LogP contribution in [0.3, 0.4) is 0 Å². The summed E-state index contributed by atoms with van der Waals surface area (Å²) in [5.74, 6) is -0.103. The van der Waals surface area contributed by atoms with E-state index in [-0.39, 0.29) is 17.6 Å². The Balaban J connectivity index is 1.48. The van der Waals surface area contributed by atoms with Crippen LogP contribution in [-0.4, -0.2) is 52.4 Å². The Morgan fingerprint density at radius 2 is 1.74 bits per heavy atom. The Kier molecular flexibility index (Phi) is 6.27. The standard InChI is InChI=1S/C21H26FN3O2/c1-23-11-8-18(16-23)15-21(27)25-10-3-9-24(12-13-25)20(26)7-6-17-4-2-5-19(22)14-17/h2,4-5,8,11,14,16H,3,6-7,9-10,12-13,15H2,1H3. The fraction of sp³-hybridized carbons (Fsp3) is 0.429. The van der Waals surface area contributed by atoms with Gasteiger partial charge < -0.3 is 14.4 Å². The molecule has 1 aliphatic heterocycles. The molecule has 1 aromatic carbocycles. The number of hydrogen-bond acceptors (Lipinski definition) is 2. The topological polar surface area (TPSA) is 45.6 Å². The number of hydrogen-bond donors (Lipinski definition) is 0. The minimum Gasteiger partial charge on any atom is -0.357 e. The molecular formula is C21H26FN3O2. The summed E-state index contributed by atoms with van der Waals surface area (Å²) < 4.78 is 15.2. The molecule has 1 saturated heterocycles. The first-order valence-electron chi connectivity index (χ1n) is 9.42. The van der Waals surface area contributed by atoms with Gasteiger partial charge in [-0.15, -0.1) is 0 Å². The van der Waals surface area contributed by atoms with Crippen molar-refractivity contribution in [3.63, 3.8) is 0 Å². The summed E-state index contributed by atoms with van der Waals surface area (Å²) >= 11 is 0. The highest BCUT2D eigenvalue weighted by Gasteiger charge is 2.22. The third-order valence-corrected chi connectivity index (χ3v) is 4.97. The SMILES string of the molecule is Cn1ccc(CC(=O)N2CCCN(C(=O)CCc3cccc(F)c3)CC2)c1. The highest BCUT2D eigenvalue weighted by Crippen LogP contribution is 2.11. The van der Waals surface area contributed by atoms with Gasteiger partial charge in [0.25, 0.3) is 0 Å². The predicted octanol–water partition coefficient (Wildman–Crippen LogP) is 2.40. The van der Waals surface area contributed by atoms with Crippen LogP contribution in [0.5, 0.6) is 0 Å². The Morgan fingerprint density at radius 3 is 2.41 bits per heavy atom. The monoisotopic (exact) mass is 371 g/mol. The van der Waals surface area contributed by atoms with E-state index < -0.39 is 0 Å². The van der Waals surface area contributed by atoms with Gasteiger partial charge in [-0.05, 0) is 42.2 Å². The first-order valence-corrected chi connectivity index (χ1v) is 9.42. The van der Waals surface area contributed by atoms with Gasteiger partial charge in [-0.2, -0.15) is 0 Å². The van der Waals surface area contributed by atoms with E-state index in [4.69, 9.17) is 0 Å². The number of aromatic nitrogens is 1. The number of aryl methyl sites for hydroxylation is 2. The molecule has 144 valence electrons. The largest absolute Gasteiger partial charge is 0.357 e. The molecule has 0 unspecified atom stereocenters. The van der Waals surface area contributed by atoms with Gasteiger partial charge in [0, 0.05) is 52.0 Å². The average Bonchev–Trinajstić information content (AvgIpc) is 2.91. The Morgan fingerprint density at radius 1 is 1.00 bits per heavy atom. The van der Waals surface area contributed by atoms with E-state index in [9.17, 15) is 14.0 Å². The lowest BCUT2D eigenvalue weighted by Crippen LogP contribution is -2.38. The van der Waals surface area contributed by atoms with E-state index in [1.807, 2.05) is 45.9 Å². The van der Waals surface area contributed by atoms with Crippen LogP contribution in [0.1, 0.15) is 24.0 Å². The minimum atomic E-state index is -0.276. The van der Waals surface area contributed by atoms with Gasteiger partial charge in [-0.25, -0.2) is 4.39 Å². The number of benzene rings is 1. The molecule has 0 aliphatic carbocycles. The zero-order valence-corrected chi connectivity index (χ0v) is 15.7. The summed E-state index contributed by atoms with van der Waals surface area (Å²) in [5, 5.41) is 0. The van der Waals surface area contributed by atoms with Gasteiger partial charge in [0.15, 0.2) is 0 Å². The second-order valence-electron chi connectivity index (χ2n) is 7.11. The van der Waals surface area contributed by atoms with E-state index in [1.165, 1.54) is 12.1 Å². The normalized spacial score (nSPS) is 14.9. The summed E-state index contributed by atoms with van der Waals surface area (Å²) in [7, 11) is 1.94. The zero-order chi connectivity index (χ0) is 19.2. The molecule has 0 N–H and O–H groups in total. The molecule has 2 aromatic rings. The third kappa shape index (κ3) is 5.42. The van der Waals surface area contributed by atoms with Crippen LogP contribution in [0.4, 0.5) is 4.39 Å². The molecule has 0 saturated carbocycles. The molecule has 0 bridgehead atoms. The molecular weight excluding hydrogens is 345 g/mol. The summed E-state index contributed by atoms with van der Waals surface area (Å²) in [6.07, 6.45) is 5.97. The molecule has 2 heterocycles. The van der Waals surface area contributed by atoms with E-state index in [0.29, 0.717) is 45.4 Å². The van der Waals surface area contributed by atoms with Crippen LogP contribution < -0.4 is 0 Å². The minimum absolute atomic E-state index is 0.0663. The van der Waals surface area contributed by atoms with E-state index in [0.717, 1.165) is 17.5 Å². The second-order valence-corrected chi connectivity index (χ2v) is 7.11. The van der Waals surface area contributed by atoms with Crippen molar-refractivity contribution < 1.29 is 14.0 Å². The molecule has 2 amide bonds. The molecule has 6 heteroatoms. The van der Waals surface area contributed by atoms with E-state index >= 15 is 0 Å². The Hall–Kier alpha value is -2.63. The Labute approximate surface area is 159 Å². The molecule has 1 aliphatic rings. The lowest BCUT2D eigenvalue weighted by Gasteiger charge is -2.22. The van der Waals surface area contributed by atoms with Gasteiger partial charge in [0.1, 0.15) is 5.82 Å². The molecule has 5 nitrogen and oxygen atoms in total. The van der Waals surface area contributed by atoms with Crippen LogP contribution in [0, 0.1) is 5.82 Å². The summed E-state index contributed by atoms with van der Waals surface area (Å²) in [5.41, 5.74) is 1.84. The number of nitrogens with zero attached hydrogens (tertiary/aromatic N) is 3. The second kappa shape index (κ2) is 8.84. The van der Waals surface area contributed by atoms with Crippen LogP contribution in [-0.2, 0) is 29.5 Å². The van der Waals surface area contributed by atoms with Crippen molar-refractivity contribution in [1.29, 1.82) is 0 Å². The lowest BCUT2D eigenvalue weighted by atomic mass is 10.1. The fourth-order valence-electron chi connectivity index (χ4n) is 3.47. The van der Waals surface area contributed by atoms with Gasteiger partial charge in [-0.1, -0.05) is 12.1 Å². The predicted molar refractivity (Wildman–Crippen MR) is 102 cm³/mol. The quantitative estimate of drug-likeness (QED) is 0.810. The van der Waals surface area contributed by atoms with Crippen molar-refractivity contribution in [3.8, 4) is 0 Å². The average molecular weight is 371 g/mol. The molecule has 0 atom stereocenters. The van der Waals surface area contributed by atoms with E-state index in [2.05, 4.69) is 0 Å². The highest BCUT2D eigenvalue weighted by molar-refractivity contribution is 5.79. The van der Waals surface area contributed by atoms with E-state index in [1.54, 1.807) is 6.07 Å². The number of halogens is 1. The van der Waals surface area contributed by atoms with Crippen molar-refractivity contribution in [1.82, 2.24) is 14.4 Å². The lowest BCUT2D eigenvalue weighted by molar-refractivity contribution is -0.133. The summed E-state index contributed by atoms with van der Waals surface area (Å²) in [4.78, 5) is 28.7.